The lowest BCUT2D eigenvalue weighted by atomic mass is 9.93. The molecule has 2 rings (SSSR count). The van der Waals surface area contributed by atoms with E-state index < -0.39 is 20.0 Å². The van der Waals surface area contributed by atoms with Crippen molar-refractivity contribution in [3.63, 3.8) is 0 Å². The average molecular weight is 457 g/mol. The molecule has 1 N–H and O–H groups in total. The maximum absolute atomic E-state index is 12.4. The maximum Gasteiger partial charge on any atom is 0.232 e. The van der Waals surface area contributed by atoms with Crippen LogP contribution in [-0.2, 0) is 24.8 Å². The second kappa shape index (κ2) is 9.84. The molecule has 1 aromatic carbocycles. The van der Waals surface area contributed by atoms with Gasteiger partial charge in [0, 0.05) is 26.8 Å². The number of hydrogen-bond acceptors (Lipinski definition) is 6. The van der Waals surface area contributed by atoms with Crippen LogP contribution in [0.3, 0.4) is 0 Å². The molecule has 1 aliphatic heterocycles. The Bertz CT molecular complexity index is 989. The lowest BCUT2D eigenvalue weighted by molar-refractivity contribution is 0.122. The largest absolute Gasteiger partial charge is 0.385 e. The van der Waals surface area contributed by atoms with Crippen LogP contribution in [0.5, 0.6) is 0 Å². The molecule has 1 heterocycles. The fourth-order valence-corrected chi connectivity index (χ4v) is 4.78. The second-order valence-corrected chi connectivity index (χ2v) is 11.1. The van der Waals surface area contributed by atoms with Gasteiger partial charge in [0.2, 0.25) is 20.0 Å². The number of allylic oxidation sites excluding steroid dienone is 2. The summed E-state index contributed by atoms with van der Waals surface area (Å²) in [5.41, 5.74) is 0.406. The van der Waals surface area contributed by atoms with Crippen molar-refractivity contribution in [1.29, 1.82) is 0 Å². The predicted octanol–water partition coefficient (Wildman–Crippen LogP) is 2.20. The normalized spacial score (nSPS) is 19.1. The summed E-state index contributed by atoms with van der Waals surface area (Å²) in [6.45, 7) is 3.55. The summed E-state index contributed by atoms with van der Waals surface area (Å²) in [6.07, 6.45) is 12.6. The monoisotopic (exact) mass is 456 g/mol. The van der Waals surface area contributed by atoms with Crippen molar-refractivity contribution in [3.05, 3.63) is 48.7 Å². The summed E-state index contributed by atoms with van der Waals surface area (Å²) >= 11 is 0. The van der Waals surface area contributed by atoms with Gasteiger partial charge in [0.1, 0.15) is 0 Å². The van der Waals surface area contributed by atoms with Gasteiger partial charge in [-0.2, -0.15) is 0 Å². The number of rotatable bonds is 11. The molecule has 0 spiro atoms. The molecular formula is C20H30N3O5S2. The Balaban J connectivity index is 2.12. The Kier molecular flexibility index (Phi) is 7.95. The van der Waals surface area contributed by atoms with Gasteiger partial charge in [-0.05, 0) is 56.3 Å². The SMILES string of the molecule is COCCC1(C)[C]=CC=CN1CCCN(c1cccc(NS(C)(=O)=O)c1)S(C)(=O)=O. The minimum Gasteiger partial charge on any atom is -0.385 e. The van der Waals surface area contributed by atoms with Crippen molar-refractivity contribution in [2.45, 2.75) is 25.3 Å². The quantitative estimate of drug-likeness (QED) is 0.548. The minimum absolute atomic E-state index is 0.259. The number of nitrogens with zero attached hydrogens (tertiary/aromatic N) is 2. The van der Waals surface area contributed by atoms with E-state index in [0.29, 0.717) is 30.9 Å². The maximum atomic E-state index is 12.4. The van der Waals surface area contributed by atoms with Crippen molar-refractivity contribution >= 4 is 31.4 Å². The molecule has 167 valence electrons. The highest BCUT2D eigenvalue weighted by atomic mass is 32.2. The van der Waals surface area contributed by atoms with E-state index in [0.717, 1.165) is 18.9 Å². The predicted molar refractivity (Wildman–Crippen MR) is 120 cm³/mol. The van der Waals surface area contributed by atoms with Gasteiger partial charge in [-0.25, -0.2) is 16.8 Å². The Morgan fingerprint density at radius 1 is 1.23 bits per heavy atom. The van der Waals surface area contributed by atoms with Gasteiger partial charge in [0.05, 0.1) is 29.4 Å². The molecule has 1 aliphatic rings. The van der Waals surface area contributed by atoms with E-state index in [1.165, 1.54) is 10.4 Å². The molecule has 0 saturated heterocycles. The van der Waals surface area contributed by atoms with Crippen LogP contribution in [0.4, 0.5) is 11.4 Å². The third-order valence-electron chi connectivity index (χ3n) is 4.78. The molecule has 1 aromatic rings. The second-order valence-electron chi connectivity index (χ2n) is 7.48. The first-order valence-electron chi connectivity index (χ1n) is 9.53. The molecule has 0 aliphatic carbocycles. The highest BCUT2D eigenvalue weighted by Crippen LogP contribution is 2.26. The van der Waals surface area contributed by atoms with E-state index >= 15 is 0 Å². The summed E-state index contributed by atoms with van der Waals surface area (Å²) in [6, 6.07) is 6.36. The van der Waals surface area contributed by atoms with Gasteiger partial charge in [0.25, 0.3) is 0 Å². The fourth-order valence-electron chi connectivity index (χ4n) is 3.27. The van der Waals surface area contributed by atoms with E-state index in [9.17, 15) is 16.8 Å². The number of benzene rings is 1. The van der Waals surface area contributed by atoms with Gasteiger partial charge in [-0.15, -0.1) is 0 Å². The number of hydrogen-bond donors (Lipinski definition) is 1. The number of ether oxygens (including phenoxy) is 1. The lowest BCUT2D eigenvalue weighted by Gasteiger charge is -2.40. The van der Waals surface area contributed by atoms with Crippen LogP contribution in [0.25, 0.3) is 0 Å². The van der Waals surface area contributed by atoms with Crippen molar-refractivity contribution in [2.24, 2.45) is 0 Å². The van der Waals surface area contributed by atoms with E-state index in [-0.39, 0.29) is 12.1 Å². The van der Waals surface area contributed by atoms with Gasteiger partial charge in [0.15, 0.2) is 0 Å². The van der Waals surface area contributed by atoms with Crippen LogP contribution in [0.1, 0.15) is 19.8 Å². The number of methoxy groups -OCH3 is 1. The molecule has 0 fully saturated rings. The number of nitrogens with one attached hydrogen (secondary N) is 1. The van der Waals surface area contributed by atoms with Crippen LogP contribution < -0.4 is 9.03 Å². The molecule has 1 atom stereocenters. The van der Waals surface area contributed by atoms with Gasteiger partial charge < -0.3 is 9.64 Å². The first-order chi connectivity index (χ1) is 13.9. The van der Waals surface area contributed by atoms with Gasteiger partial charge in [-0.3, -0.25) is 9.03 Å². The molecule has 1 unspecified atom stereocenters. The van der Waals surface area contributed by atoms with Gasteiger partial charge in [-0.1, -0.05) is 12.1 Å². The standard InChI is InChI=1S/C20H30N3O5S2/c1-20(12-16-28-2)11-5-6-13-22(20)14-8-15-23(30(4,26)27)19-10-7-9-18(17-19)21-29(3,24)25/h5-7,9-10,13,17,21H,8,12,14-16H2,1-4H3. The zero-order chi connectivity index (χ0) is 22.4. The number of anilines is 2. The molecule has 0 bridgehead atoms. The highest BCUT2D eigenvalue weighted by Gasteiger charge is 2.29. The smallest absolute Gasteiger partial charge is 0.232 e. The lowest BCUT2D eigenvalue weighted by Crippen LogP contribution is -2.45. The highest BCUT2D eigenvalue weighted by molar-refractivity contribution is 7.92. The molecular weight excluding hydrogens is 426 g/mol. The minimum atomic E-state index is -3.55. The van der Waals surface area contributed by atoms with E-state index in [1.54, 1.807) is 25.3 Å². The molecule has 8 nitrogen and oxygen atoms in total. The first kappa shape index (κ1) is 24.2. The van der Waals surface area contributed by atoms with Crippen LogP contribution in [0, 0.1) is 6.08 Å². The van der Waals surface area contributed by atoms with Crippen molar-refractivity contribution in [1.82, 2.24) is 4.90 Å². The topological polar surface area (TPSA) is 96.0 Å². The van der Waals surface area contributed by atoms with Crippen molar-refractivity contribution in [3.8, 4) is 0 Å². The molecule has 0 amide bonds. The Morgan fingerprint density at radius 2 is 1.97 bits per heavy atom. The summed E-state index contributed by atoms with van der Waals surface area (Å²) in [4.78, 5) is 2.13. The molecule has 30 heavy (non-hydrogen) atoms. The van der Waals surface area contributed by atoms with Crippen LogP contribution in [0.15, 0.2) is 42.6 Å². The first-order valence-corrected chi connectivity index (χ1v) is 13.3. The van der Waals surface area contributed by atoms with Crippen LogP contribution in [0.2, 0.25) is 0 Å². The Labute approximate surface area is 180 Å². The van der Waals surface area contributed by atoms with E-state index in [1.807, 2.05) is 18.4 Å². The molecule has 10 heteroatoms. The van der Waals surface area contributed by atoms with E-state index in [2.05, 4.69) is 22.6 Å². The van der Waals surface area contributed by atoms with Gasteiger partial charge >= 0.3 is 0 Å². The fraction of sp³-hybridized carbons (Fsp3) is 0.500. The van der Waals surface area contributed by atoms with E-state index in [4.69, 9.17) is 4.74 Å². The van der Waals surface area contributed by atoms with Crippen molar-refractivity contribution < 1.29 is 21.6 Å². The Hall–Kier alpha value is -2.04. The summed E-state index contributed by atoms with van der Waals surface area (Å²) in [7, 11) is -5.35. The van der Waals surface area contributed by atoms with Crippen LogP contribution in [-0.4, -0.2) is 66.6 Å². The van der Waals surface area contributed by atoms with Crippen LogP contribution >= 0.6 is 0 Å². The summed E-state index contributed by atoms with van der Waals surface area (Å²) in [5, 5.41) is 0. The van der Waals surface area contributed by atoms with Crippen molar-refractivity contribution in [2.75, 3.05) is 48.3 Å². The average Bonchev–Trinajstić information content (AvgIpc) is 2.63. The third kappa shape index (κ3) is 7.03. The Morgan fingerprint density at radius 3 is 2.60 bits per heavy atom. The summed E-state index contributed by atoms with van der Waals surface area (Å²) in [5.74, 6) is 0. The number of sulfonamides is 2. The molecule has 0 aromatic heterocycles. The molecule has 1 radical (unpaired) electrons. The zero-order valence-electron chi connectivity index (χ0n) is 17.8. The zero-order valence-corrected chi connectivity index (χ0v) is 19.5. The third-order valence-corrected chi connectivity index (χ3v) is 6.58. The summed E-state index contributed by atoms with van der Waals surface area (Å²) < 4.78 is 56.7. The molecule has 0 saturated carbocycles.